The quantitative estimate of drug-likeness (QED) is 0.798. The van der Waals surface area contributed by atoms with Gasteiger partial charge in [0.2, 0.25) is 0 Å². The number of rotatable bonds is 4. The van der Waals surface area contributed by atoms with Gasteiger partial charge in [-0.3, -0.25) is 0 Å². The molecule has 0 spiro atoms. The van der Waals surface area contributed by atoms with Crippen LogP contribution in [0.5, 0.6) is 11.5 Å². The number of halogens is 3. The zero-order valence-electron chi connectivity index (χ0n) is 9.97. The van der Waals surface area contributed by atoms with E-state index in [1.165, 1.54) is 13.2 Å². The molecule has 0 aliphatic rings. The van der Waals surface area contributed by atoms with Crippen molar-refractivity contribution in [3.8, 4) is 11.5 Å². The predicted octanol–water partition coefficient (Wildman–Crippen LogP) is 4.11. The molecule has 1 aromatic rings. The average Bonchev–Trinajstić information content (AvgIpc) is 2.25. The highest BCUT2D eigenvalue weighted by molar-refractivity contribution is 5.42. The van der Waals surface area contributed by atoms with Crippen LogP contribution >= 0.6 is 0 Å². The molecule has 0 aliphatic carbocycles. The van der Waals surface area contributed by atoms with Crippen LogP contribution in [0.1, 0.15) is 31.7 Å². The topological polar surface area (TPSA) is 18.5 Å². The number of alkyl halides is 3. The first-order valence-corrected chi connectivity index (χ1v) is 5.31. The molecule has 0 saturated carbocycles. The Morgan fingerprint density at radius 3 is 2.41 bits per heavy atom. The van der Waals surface area contributed by atoms with Crippen molar-refractivity contribution in [2.75, 3.05) is 7.11 Å². The fraction of sp³-hybridized carbons (Fsp3) is 0.500. The van der Waals surface area contributed by atoms with Crippen LogP contribution in [0.2, 0.25) is 0 Å². The maximum atomic E-state index is 12.3. The van der Waals surface area contributed by atoms with Gasteiger partial charge in [-0.25, -0.2) is 0 Å². The summed E-state index contributed by atoms with van der Waals surface area (Å²) in [6.45, 7) is 3.76. The molecule has 17 heavy (non-hydrogen) atoms. The van der Waals surface area contributed by atoms with E-state index in [0.717, 1.165) is 6.42 Å². The zero-order chi connectivity index (χ0) is 13.1. The standard InChI is InChI=1S/C12H15F3O2/c1-4-8(2)10-6-5-9(16-3)7-11(10)17-12(13,14)15/h5-8H,4H2,1-3H3. The van der Waals surface area contributed by atoms with Gasteiger partial charge in [-0.15, -0.1) is 13.2 Å². The van der Waals surface area contributed by atoms with E-state index in [9.17, 15) is 13.2 Å². The third kappa shape index (κ3) is 3.84. The van der Waals surface area contributed by atoms with Gasteiger partial charge in [0, 0.05) is 6.07 Å². The van der Waals surface area contributed by atoms with E-state index >= 15 is 0 Å². The van der Waals surface area contributed by atoms with Crippen LogP contribution < -0.4 is 9.47 Å². The van der Waals surface area contributed by atoms with E-state index in [0.29, 0.717) is 11.3 Å². The van der Waals surface area contributed by atoms with Crippen LogP contribution in [0, 0.1) is 0 Å². The maximum Gasteiger partial charge on any atom is 0.573 e. The molecule has 0 aliphatic heterocycles. The van der Waals surface area contributed by atoms with Crippen LogP contribution in [0.25, 0.3) is 0 Å². The molecule has 1 rings (SSSR count). The summed E-state index contributed by atoms with van der Waals surface area (Å²) in [4.78, 5) is 0. The fourth-order valence-corrected chi connectivity index (χ4v) is 1.48. The van der Waals surface area contributed by atoms with Crippen molar-refractivity contribution in [3.05, 3.63) is 23.8 Å². The molecule has 0 fully saturated rings. The van der Waals surface area contributed by atoms with Gasteiger partial charge in [0.1, 0.15) is 11.5 Å². The Morgan fingerprint density at radius 2 is 1.94 bits per heavy atom. The molecule has 0 saturated heterocycles. The van der Waals surface area contributed by atoms with E-state index < -0.39 is 6.36 Å². The van der Waals surface area contributed by atoms with Gasteiger partial charge in [0.05, 0.1) is 7.11 Å². The maximum absolute atomic E-state index is 12.3. The highest BCUT2D eigenvalue weighted by Gasteiger charge is 2.32. The molecule has 0 amide bonds. The first-order valence-electron chi connectivity index (χ1n) is 5.31. The summed E-state index contributed by atoms with van der Waals surface area (Å²) in [6, 6.07) is 4.49. The number of ether oxygens (including phenoxy) is 2. The summed E-state index contributed by atoms with van der Waals surface area (Å²) in [5, 5.41) is 0. The van der Waals surface area contributed by atoms with Crippen LogP contribution in [0.4, 0.5) is 13.2 Å². The second-order valence-corrected chi connectivity index (χ2v) is 3.76. The van der Waals surface area contributed by atoms with E-state index in [4.69, 9.17) is 4.74 Å². The zero-order valence-corrected chi connectivity index (χ0v) is 9.97. The van der Waals surface area contributed by atoms with Crippen molar-refractivity contribution in [2.24, 2.45) is 0 Å². The van der Waals surface area contributed by atoms with Gasteiger partial charge >= 0.3 is 6.36 Å². The molecule has 1 unspecified atom stereocenters. The number of methoxy groups -OCH3 is 1. The smallest absolute Gasteiger partial charge is 0.497 e. The van der Waals surface area contributed by atoms with Crippen LogP contribution in [0.3, 0.4) is 0 Å². The summed E-state index contributed by atoms with van der Waals surface area (Å²) in [5.74, 6) is 0.153. The Hall–Kier alpha value is -1.39. The largest absolute Gasteiger partial charge is 0.573 e. The average molecular weight is 248 g/mol. The highest BCUT2D eigenvalue weighted by atomic mass is 19.4. The molecule has 0 aromatic heterocycles. The van der Waals surface area contributed by atoms with Gasteiger partial charge in [0.25, 0.3) is 0 Å². The van der Waals surface area contributed by atoms with Crippen molar-refractivity contribution in [1.82, 2.24) is 0 Å². The summed E-state index contributed by atoms with van der Waals surface area (Å²) in [7, 11) is 1.40. The number of hydrogen-bond donors (Lipinski definition) is 0. The second-order valence-electron chi connectivity index (χ2n) is 3.76. The lowest BCUT2D eigenvalue weighted by Crippen LogP contribution is -2.18. The number of benzene rings is 1. The Bertz CT molecular complexity index is 375. The lowest BCUT2D eigenvalue weighted by molar-refractivity contribution is -0.275. The lowest BCUT2D eigenvalue weighted by atomic mass is 9.97. The van der Waals surface area contributed by atoms with Crippen molar-refractivity contribution in [3.63, 3.8) is 0 Å². The molecule has 1 aromatic carbocycles. The first-order chi connectivity index (χ1) is 7.87. The normalized spacial score (nSPS) is 13.3. The fourth-order valence-electron chi connectivity index (χ4n) is 1.48. The van der Waals surface area contributed by atoms with Gasteiger partial charge < -0.3 is 9.47 Å². The summed E-state index contributed by atoms with van der Waals surface area (Å²) in [5.41, 5.74) is 0.533. The molecule has 0 radical (unpaired) electrons. The van der Waals surface area contributed by atoms with Crippen molar-refractivity contribution >= 4 is 0 Å². The van der Waals surface area contributed by atoms with E-state index in [1.54, 1.807) is 12.1 Å². The molecule has 96 valence electrons. The Balaban J connectivity index is 3.11. The molecule has 0 heterocycles. The second kappa shape index (κ2) is 5.29. The third-order valence-electron chi connectivity index (χ3n) is 2.59. The minimum atomic E-state index is -4.69. The molecule has 5 heteroatoms. The van der Waals surface area contributed by atoms with Crippen molar-refractivity contribution in [1.29, 1.82) is 0 Å². The summed E-state index contributed by atoms with van der Waals surface area (Å²) >= 11 is 0. The van der Waals surface area contributed by atoms with E-state index in [-0.39, 0.29) is 11.7 Å². The lowest BCUT2D eigenvalue weighted by Gasteiger charge is -2.17. The first kappa shape index (κ1) is 13.7. The van der Waals surface area contributed by atoms with Gasteiger partial charge in [-0.1, -0.05) is 19.9 Å². The highest BCUT2D eigenvalue weighted by Crippen LogP contribution is 2.35. The van der Waals surface area contributed by atoms with Gasteiger partial charge in [-0.2, -0.15) is 0 Å². The minimum Gasteiger partial charge on any atom is -0.497 e. The van der Waals surface area contributed by atoms with Gasteiger partial charge in [0.15, 0.2) is 0 Å². The summed E-state index contributed by atoms with van der Waals surface area (Å²) in [6.07, 6.45) is -3.95. The predicted molar refractivity (Wildman–Crippen MR) is 58.4 cm³/mol. The molecule has 0 N–H and O–H groups in total. The molecule has 1 atom stereocenters. The van der Waals surface area contributed by atoms with Crippen molar-refractivity contribution < 1.29 is 22.6 Å². The number of hydrogen-bond acceptors (Lipinski definition) is 2. The van der Waals surface area contributed by atoms with Crippen LogP contribution in [0.15, 0.2) is 18.2 Å². The van der Waals surface area contributed by atoms with Gasteiger partial charge in [-0.05, 0) is 24.0 Å². The third-order valence-corrected chi connectivity index (χ3v) is 2.59. The van der Waals surface area contributed by atoms with Crippen LogP contribution in [-0.2, 0) is 0 Å². The molecular formula is C12H15F3O2. The Morgan fingerprint density at radius 1 is 1.29 bits per heavy atom. The molecular weight excluding hydrogens is 233 g/mol. The van der Waals surface area contributed by atoms with Crippen LogP contribution in [-0.4, -0.2) is 13.5 Å². The Kier molecular flexibility index (Phi) is 4.26. The SMILES string of the molecule is CCC(C)c1ccc(OC)cc1OC(F)(F)F. The van der Waals surface area contributed by atoms with E-state index in [2.05, 4.69) is 4.74 Å². The molecule has 0 bridgehead atoms. The molecule has 2 nitrogen and oxygen atoms in total. The monoisotopic (exact) mass is 248 g/mol. The Labute approximate surface area is 98.3 Å². The van der Waals surface area contributed by atoms with Crippen molar-refractivity contribution in [2.45, 2.75) is 32.5 Å². The van der Waals surface area contributed by atoms with E-state index in [1.807, 2.05) is 13.8 Å². The summed E-state index contributed by atoms with van der Waals surface area (Å²) < 4.78 is 45.7. The minimum absolute atomic E-state index is 0.00161.